The van der Waals surface area contributed by atoms with Gasteiger partial charge in [-0.05, 0) is 55.3 Å². The second-order valence-corrected chi connectivity index (χ2v) is 11.4. The fourth-order valence-corrected chi connectivity index (χ4v) is 6.24. The molecule has 6 rings (SSSR count). The Labute approximate surface area is 247 Å². The summed E-state index contributed by atoms with van der Waals surface area (Å²) in [4.78, 5) is 48.6. The van der Waals surface area contributed by atoms with Crippen molar-refractivity contribution in [2.45, 2.75) is 30.6 Å². The molecule has 0 aliphatic carbocycles. The van der Waals surface area contributed by atoms with Crippen molar-refractivity contribution in [3.05, 3.63) is 88.6 Å². The lowest BCUT2D eigenvalue weighted by atomic mass is 10.1. The second kappa shape index (κ2) is 12.8. The van der Waals surface area contributed by atoms with Gasteiger partial charge in [-0.15, -0.1) is 0 Å². The highest BCUT2D eigenvalue weighted by Crippen LogP contribution is 2.22. The van der Waals surface area contributed by atoms with Crippen LogP contribution in [0.1, 0.15) is 29.0 Å². The largest absolute Gasteiger partial charge is 0.467 e. The molecule has 2 fully saturated rings. The van der Waals surface area contributed by atoms with E-state index >= 15 is 0 Å². The summed E-state index contributed by atoms with van der Waals surface area (Å²) in [5.74, 6) is 0.499. The van der Waals surface area contributed by atoms with E-state index in [1.54, 1.807) is 36.6 Å². The summed E-state index contributed by atoms with van der Waals surface area (Å²) < 4.78 is 12.6. The van der Waals surface area contributed by atoms with Crippen LogP contribution in [0, 0.1) is 0 Å². The number of para-hydroxylation sites is 1. The first-order valence-corrected chi connectivity index (χ1v) is 15.2. The third-order valence-corrected chi connectivity index (χ3v) is 8.63. The van der Waals surface area contributed by atoms with Crippen molar-refractivity contribution in [1.29, 1.82) is 0 Å². The normalized spacial score (nSPS) is 17.1. The van der Waals surface area contributed by atoms with Crippen molar-refractivity contribution in [3.63, 3.8) is 0 Å². The highest BCUT2D eigenvalue weighted by Gasteiger charge is 2.23. The third-order valence-electron chi connectivity index (χ3n) is 7.67. The molecule has 218 valence electrons. The minimum Gasteiger partial charge on any atom is -0.467 e. The zero-order valence-corrected chi connectivity index (χ0v) is 24.1. The van der Waals surface area contributed by atoms with Crippen LogP contribution in [0.5, 0.6) is 0 Å². The summed E-state index contributed by atoms with van der Waals surface area (Å²) >= 11 is 1.23. The zero-order valence-electron chi connectivity index (χ0n) is 23.2. The Hall–Kier alpha value is -4.09. The summed E-state index contributed by atoms with van der Waals surface area (Å²) in [6, 6.07) is 18.7. The van der Waals surface area contributed by atoms with Crippen LogP contribution >= 0.6 is 11.8 Å². The summed E-state index contributed by atoms with van der Waals surface area (Å²) in [6.07, 6.45) is 3.51. The number of fused-ring (bicyclic) bond motifs is 1. The predicted octanol–water partition coefficient (Wildman–Crippen LogP) is 3.39. The number of thioether (sulfide) groups is 1. The number of furan rings is 1. The molecule has 4 heterocycles. The smallest absolute Gasteiger partial charge is 0.262 e. The third kappa shape index (κ3) is 6.37. The van der Waals surface area contributed by atoms with E-state index in [0.717, 1.165) is 38.2 Å². The molecular weight excluding hydrogens is 554 g/mol. The molecule has 0 saturated carbocycles. The predicted molar refractivity (Wildman–Crippen MR) is 161 cm³/mol. The molecule has 4 aromatic rings. The number of amides is 2. The minimum absolute atomic E-state index is 0.00568. The highest BCUT2D eigenvalue weighted by molar-refractivity contribution is 7.99. The molecule has 11 heteroatoms. The first-order chi connectivity index (χ1) is 20.5. The maximum Gasteiger partial charge on any atom is 0.262 e. The zero-order chi connectivity index (χ0) is 28.9. The molecule has 0 bridgehead atoms. The van der Waals surface area contributed by atoms with Gasteiger partial charge in [0.2, 0.25) is 5.91 Å². The minimum atomic E-state index is -0.255. The molecule has 42 heavy (non-hydrogen) atoms. The van der Waals surface area contributed by atoms with Gasteiger partial charge >= 0.3 is 0 Å². The van der Waals surface area contributed by atoms with Gasteiger partial charge in [0.05, 0.1) is 35.6 Å². The van der Waals surface area contributed by atoms with Gasteiger partial charge in [0.15, 0.2) is 5.16 Å². The Morgan fingerprint density at radius 3 is 2.60 bits per heavy atom. The molecule has 2 saturated heterocycles. The van der Waals surface area contributed by atoms with E-state index in [1.807, 2.05) is 23.1 Å². The summed E-state index contributed by atoms with van der Waals surface area (Å²) in [7, 11) is 0. The van der Waals surface area contributed by atoms with E-state index in [1.165, 1.54) is 16.3 Å². The number of ether oxygens (including phenoxy) is 1. The first-order valence-electron chi connectivity index (χ1n) is 14.2. The van der Waals surface area contributed by atoms with Gasteiger partial charge in [0.1, 0.15) is 5.76 Å². The van der Waals surface area contributed by atoms with Crippen molar-refractivity contribution in [2.75, 3.05) is 50.0 Å². The van der Waals surface area contributed by atoms with E-state index in [9.17, 15) is 14.4 Å². The van der Waals surface area contributed by atoms with Gasteiger partial charge in [-0.3, -0.25) is 19.0 Å². The van der Waals surface area contributed by atoms with Crippen molar-refractivity contribution in [2.24, 2.45) is 0 Å². The van der Waals surface area contributed by atoms with Crippen LogP contribution in [0.3, 0.4) is 0 Å². The van der Waals surface area contributed by atoms with Gasteiger partial charge in [0.25, 0.3) is 11.5 Å². The fraction of sp³-hybridized carbons (Fsp3) is 0.355. The fourth-order valence-electron chi connectivity index (χ4n) is 5.33. The number of nitrogens with zero attached hydrogens (tertiary/aromatic N) is 4. The van der Waals surface area contributed by atoms with Crippen LogP contribution < -0.4 is 15.8 Å². The molecule has 2 aromatic carbocycles. The number of piperazine rings is 1. The average Bonchev–Trinajstić information content (AvgIpc) is 3.75. The number of aromatic nitrogens is 2. The number of carbonyl (C=O) groups excluding carboxylic acids is 2. The van der Waals surface area contributed by atoms with Crippen LogP contribution in [-0.2, 0) is 16.1 Å². The second-order valence-electron chi connectivity index (χ2n) is 10.4. The molecule has 0 unspecified atom stereocenters. The Bertz CT molecular complexity index is 1590. The summed E-state index contributed by atoms with van der Waals surface area (Å²) in [5.41, 5.74) is 1.72. The van der Waals surface area contributed by atoms with E-state index in [4.69, 9.17) is 14.1 Å². The number of benzene rings is 2. The molecule has 0 radical (unpaired) electrons. The van der Waals surface area contributed by atoms with Gasteiger partial charge in [0, 0.05) is 50.6 Å². The average molecular weight is 588 g/mol. The molecule has 2 aliphatic heterocycles. The Morgan fingerprint density at radius 1 is 1.02 bits per heavy atom. The lowest BCUT2D eigenvalue weighted by Gasteiger charge is -2.36. The van der Waals surface area contributed by atoms with Crippen LogP contribution in [-0.4, -0.2) is 77.5 Å². The first kappa shape index (κ1) is 28.0. The standard InChI is InChI=1S/C31H33N5O5S/c37-28(35-14-12-34(13-15-35)23-6-2-1-3-7-23)21-42-31-33-27-18-22(29(38)32-19-24-8-4-16-40-24)10-11-26(27)30(39)36(31)20-25-9-5-17-41-25/h1-3,5-7,9-11,17-18,24H,4,8,12-16,19-21H2,(H,32,38)/t24-/m1/s1. The van der Waals surface area contributed by atoms with Gasteiger partial charge in [-0.1, -0.05) is 30.0 Å². The summed E-state index contributed by atoms with van der Waals surface area (Å²) in [6.45, 7) is 4.12. The lowest BCUT2D eigenvalue weighted by Crippen LogP contribution is -2.49. The van der Waals surface area contributed by atoms with E-state index in [2.05, 4.69) is 22.3 Å². The molecule has 2 aliphatic rings. The van der Waals surface area contributed by atoms with Crippen LogP contribution in [0.15, 0.2) is 81.3 Å². The van der Waals surface area contributed by atoms with Crippen molar-refractivity contribution in [1.82, 2.24) is 19.8 Å². The Morgan fingerprint density at radius 2 is 1.86 bits per heavy atom. The van der Waals surface area contributed by atoms with Crippen LogP contribution in [0.2, 0.25) is 0 Å². The van der Waals surface area contributed by atoms with E-state index in [0.29, 0.717) is 47.0 Å². The van der Waals surface area contributed by atoms with E-state index in [-0.39, 0.29) is 35.8 Å². The number of hydrogen-bond donors (Lipinski definition) is 1. The number of anilines is 1. The molecular formula is C31H33N5O5S. The Balaban J connectivity index is 1.18. The van der Waals surface area contributed by atoms with Crippen molar-refractivity contribution in [3.8, 4) is 0 Å². The lowest BCUT2D eigenvalue weighted by molar-refractivity contribution is -0.128. The van der Waals surface area contributed by atoms with Gasteiger partial charge in [-0.25, -0.2) is 4.98 Å². The molecule has 10 nitrogen and oxygen atoms in total. The highest BCUT2D eigenvalue weighted by atomic mass is 32.2. The van der Waals surface area contributed by atoms with Crippen molar-refractivity contribution >= 4 is 40.2 Å². The summed E-state index contributed by atoms with van der Waals surface area (Å²) in [5, 5.41) is 3.71. The molecule has 1 N–H and O–H groups in total. The molecule has 0 spiro atoms. The number of nitrogens with one attached hydrogen (secondary N) is 1. The molecule has 1 atom stereocenters. The van der Waals surface area contributed by atoms with Crippen molar-refractivity contribution < 1.29 is 18.7 Å². The SMILES string of the molecule is O=C(NC[C@H]1CCCO1)c1ccc2c(=O)n(Cc3ccco3)c(SCC(=O)N3CCN(c4ccccc4)CC3)nc2c1. The number of carbonyl (C=O) groups is 2. The maximum atomic E-state index is 13.6. The Kier molecular flexibility index (Phi) is 8.57. The van der Waals surface area contributed by atoms with Gasteiger partial charge < -0.3 is 24.3 Å². The topological polar surface area (TPSA) is 110 Å². The van der Waals surface area contributed by atoms with E-state index < -0.39 is 0 Å². The van der Waals surface area contributed by atoms with Crippen LogP contribution in [0.25, 0.3) is 10.9 Å². The van der Waals surface area contributed by atoms with Crippen LogP contribution in [0.4, 0.5) is 5.69 Å². The quantitative estimate of drug-likeness (QED) is 0.235. The van der Waals surface area contributed by atoms with Gasteiger partial charge in [-0.2, -0.15) is 0 Å². The number of hydrogen-bond acceptors (Lipinski definition) is 8. The molecule has 2 amide bonds. The maximum absolute atomic E-state index is 13.6. The number of rotatable bonds is 9. The monoisotopic (exact) mass is 587 g/mol. The molecule has 2 aromatic heterocycles.